The number of alkyl halides is 2. The van der Waals surface area contributed by atoms with Crippen molar-refractivity contribution in [3.05, 3.63) is 101 Å². The highest BCUT2D eigenvalue weighted by Gasteiger charge is 2.45. The SMILES string of the molecule is Cc1cn2cc(NC(=O)c3cnc(Cl)cn3)cc(F)c2n1.Cc1cn2cc(NC(=O)c3cnc(N4CC(F)(CCC5CC5)C4)cn3)cc(F)c2n1.FC1(CCC2CC2)CNC1. The molecule has 19 heteroatoms. The lowest BCUT2D eigenvalue weighted by molar-refractivity contribution is 0.0762. The van der Waals surface area contributed by atoms with Crippen LogP contribution in [0.1, 0.15) is 83.7 Å². The van der Waals surface area contributed by atoms with Gasteiger partial charge in [-0.1, -0.05) is 37.3 Å². The van der Waals surface area contributed by atoms with Crippen LogP contribution in [-0.2, 0) is 0 Å². The Morgan fingerprint density at radius 2 is 1.21 bits per heavy atom. The summed E-state index contributed by atoms with van der Waals surface area (Å²) in [6, 6.07) is 2.41. The van der Waals surface area contributed by atoms with Gasteiger partial charge in [0.05, 0.1) is 60.6 Å². The number of pyridine rings is 2. The van der Waals surface area contributed by atoms with Crippen LogP contribution in [0.3, 0.4) is 0 Å². The van der Waals surface area contributed by atoms with Crippen LogP contribution >= 0.6 is 11.6 Å². The molecule has 6 aromatic rings. The van der Waals surface area contributed by atoms with Crippen molar-refractivity contribution in [2.24, 2.45) is 11.8 Å². The second kappa shape index (κ2) is 17.3. The number of carbonyl (C=O) groups excluding carboxylic acids is 2. The molecule has 4 aliphatic rings. The van der Waals surface area contributed by atoms with Crippen LogP contribution in [-0.4, -0.2) is 88.0 Å². The van der Waals surface area contributed by atoms with Crippen LogP contribution in [0.2, 0.25) is 5.15 Å². The molecule has 2 saturated carbocycles. The third-order valence-electron chi connectivity index (χ3n) is 11.0. The van der Waals surface area contributed by atoms with E-state index in [4.69, 9.17) is 11.6 Å². The van der Waals surface area contributed by atoms with Crippen LogP contribution in [0.25, 0.3) is 11.3 Å². The number of anilines is 3. The van der Waals surface area contributed by atoms with Gasteiger partial charge in [0, 0.05) is 50.0 Å². The highest BCUT2D eigenvalue weighted by Crippen LogP contribution is 2.40. The maximum atomic E-state index is 14.6. The third-order valence-corrected chi connectivity index (χ3v) is 11.2. The lowest BCUT2D eigenvalue weighted by Crippen LogP contribution is -2.59. The van der Waals surface area contributed by atoms with E-state index in [1.165, 1.54) is 71.4 Å². The van der Waals surface area contributed by atoms with Crippen molar-refractivity contribution < 1.29 is 27.2 Å². The molecule has 4 fully saturated rings. The first-order valence-corrected chi connectivity index (χ1v) is 20.6. The first kappa shape index (κ1) is 42.0. The number of aryl methyl sites for hydroxylation is 2. The van der Waals surface area contributed by atoms with Crippen molar-refractivity contribution in [3.8, 4) is 0 Å². The molecule has 8 heterocycles. The van der Waals surface area contributed by atoms with Crippen molar-refractivity contribution in [3.63, 3.8) is 0 Å². The summed E-state index contributed by atoms with van der Waals surface area (Å²) >= 11 is 5.60. The number of amides is 2. The summed E-state index contributed by atoms with van der Waals surface area (Å²) in [5.74, 6) is 0.0870. The summed E-state index contributed by atoms with van der Waals surface area (Å²) in [4.78, 5) is 50.4. The van der Waals surface area contributed by atoms with Gasteiger partial charge in [0.1, 0.15) is 33.7 Å². The summed E-state index contributed by atoms with van der Waals surface area (Å²) < 4.78 is 58.9. The van der Waals surface area contributed by atoms with Crippen LogP contribution < -0.4 is 20.9 Å². The quantitative estimate of drug-likeness (QED) is 0.111. The van der Waals surface area contributed by atoms with Gasteiger partial charge in [-0.05, 0) is 51.4 Å². The van der Waals surface area contributed by atoms with Crippen molar-refractivity contribution in [2.45, 2.75) is 76.6 Å². The van der Waals surface area contributed by atoms with E-state index < -0.39 is 34.8 Å². The van der Waals surface area contributed by atoms with Gasteiger partial charge in [0.25, 0.3) is 11.8 Å². The van der Waals surface area contributed by atoms with Gasteiger partial charge >= 0.3 is 0 Å². The maximum Gasteiger partial charge on any atom is 0.275 e. The number of halogens is 5. The molecule has 0 bridgehead atoms. The number of nitrogens with one attached hydrogen (secondary N) is 3. The molecule has 2 aliphatic carbocycles. The van der Waals surface area contributed by atoms with Gasteiger partial charge < -0.3 is 29.7 Å². The molecular formula is C42H45ClF4N12O2. The van der Waals surface area contributed by atoms with Crippen LogP contribution in [0, 0.1) is 37.3 Å². The summed E-state index contributed by atoms with van der Waals surface area (Å²) in [5, 5.41) is 8.33. The highest BCUT2D eigenvalue weighted by molar-refractivity contribution is 6.29. The lowest BCUT2D eigenvalue weighted by Gasteiger charge is -2.45. The van der Waals surface area contributed by atoms with Gasteiger partial charge in [-0.15, -0.1) is 0 Å². The Kier molecular flexibility index (Phi) is 11.9. The second-order valence-electron chi connectivity index (χ2n) is 16.5. The van der Waals surface area contributed by atoms with E-state index in [-0.39, 0.29) is 33.5 Å². The van der Waals surface area contributed by atoms with E-state index in [9.17, 15) is 27.2 Å². The van der Waals surface area contributed by atoms with Crippen LogP contribution in [0.5, 0.6) is 0 Å². The van der Waals surface area contributed by atoms with E-state index in [2.05, 4.69) is 45.9 Å². The molecule has 320 valence electrons. The maximum absolute atomic E-state index is 14.6. The number of nitrogens with zero attached hydrogens (tertiary/aromatic N) is 9. The lowest BCUT2D eigenvalue weighted by atomic mass is 9.90. The Hall–Kier alpha value is -5.75. The summed E-state index contributed by atoms with van der Waals surface area (Å²) in [7, 11) is 0. The Morgan fingerprint density at radius 3 is 1.64 bits per heavy atom. The van der Waals surface area contributed by atoms with Crippen molar-refractivity contribution >= 4 is 51.9 Å². The van der Waals surface area contributed by atoms with Gasteiger partial charge in [0.2, 0.25) is 0 Å². The fourth-order valence-corrected chi connectivity index (χ4v) is 7.28. The number of hydrogen-bond donors (Lipinski definition) is 3. The number of aromatic nitrogens is 8. The monoisotopic (exact) mass is 860 g/mol. The molecule has 6 aromatic heterocycles. The minimum absolute atomic E-state index is 0.0849. The largest absolute Gasteiger partial charge is 0.349 e. The summed E-state index contributed by atoms with van der Waals surface area (Å²) in [6.45, 7) is 5.33. The molecule has 0 spiro atoms. The third kappa shape index (κ3) is 10.6. The summed E-state index contributed by atoms with van der Waals surface area (Å²) in [6.07, 6.45) is 20.5. The molecule has 14 nitrogen and oxygen atoms in total. The Morgan fingerprint density at radius 1 is 0.721 bits per heavy atom. The molecule has 2 aliphatic heterocycles. The number of imidazole rings is 2. The van der Waals surface area contributed by atoms with Gasteiger partial charge in [-0.2, -0.15) is 0 Å². The molecule has 0 radical (unpaired) electrons. The van der Waals surface area contributed by atoms with E-state index >= 15 is 0 Å². The molecule has 3 N–H and O–H groups in total. The van der Waals surface area contributed by atoms with Crippen molar-refractivity contribution in [1.82, 2.24) is 44.0 Å². The zero-order valence-corrected chi connectivity index (χ0v) is 34.4. The Labute approximate surface area is 353 Å². The Balaban J connectivity index is 0.000000143. The fourth-order valence-electron chi connectivity index (χ4n) is 7.19. The van der Waals surface area contributed by atoms with E-state index in [1.54, 1.807) is 38.6 Å². The van der Waals surface area contributed by atoms with Crippen LogP contribution in [0.4, 0.5) is 34.8 Å². The molecule has 0 aromatic carbocycles. The molecule has 2 saturated heterocycles. The van der Waals surface area contributed by atoms with E-state index in [1.807, 2.05) is 4.90 Å². The average Bonchev–Trinajstić information content (AvgIpc) is 4.14. The molecule has 2 amide bonds. The number of carbonyl (C=O) groups is 2. The normalized spacial score (nSPS) is 17.3. The first-order chi connectivity index (χ1) is 29.2. The smallest absolute Gasteiger partial charge is 0.275 e. The molecular weight excluding hydrogens is 816 g/mol. The van der Waals surface area contributed by atoms with E-state index in [0.29, 0.717) is 55.5 Å². The first-order valence-electron chi connectivity index (χ1n) is 20.3. The number of rotatable bonds is 11. The van der Waals surface area contributed by atoms with Gasteiger partial charge in [-0.25, -0.2) is 47.5 Å². The molecule has 61 heavy (non-hydrogen) atoms. The number of fused-ring (bicyclic) bond motifs is 2. The highest BCUT2D eigenvalue weighted by atomic mass is 35.5. The minimum Gasteiger partial charge on any atom is -0.349 e. The Bertz CT molecular complexity index is 2530. The molecule has 0 atom stereocenters. The standard InChI is InChI=1S/C21H22F2N6O.C13H9ClFN5O.C8H14FN/c1-13-9-28-10-15(6-16(22)19(28)26-13)27-20(30)17-7-25-18(8-24-17)29-11-21(23,12-29)5-4-14-2-3-14;1-7-5-20-6-8(2-9(15)12(20)18-7)19-13(21)10-3-17-11(14)4-16-10;9-8(5-10-6-8)4-3-7-1-2-7/h6-10,14H,2-5,11-12H2,1H3,(H,27,30);2-6H,1H3,(H,19,21);7,10H,1-6H2. The molecule has 10 rings (SSSR count). The topological polar surface area (TPSA) is 160 Å². The van der Waals surface area contributed by atoms with Gasteiger partial charge in [0.15, 0.2) is 22.9 Å². The zero-order chi connectivity index (χ0) is 42.9. The zero-order valence-electron chi connectivity index (χ0n) is 33.6. The minimum atomic E-state index is -1.14. The predicted octanol–water partition coefficient (Wildman–Crippen LogP) is 7.51. The summed E-state index contributed by atoms with van der Waals surface area (Å²) in [5.41, 5.74) is 0.561. The van der Waals surface area contributed by atoms with Crippen LogP contribution in [0.15, 0.2) is 61.7 Å². The number of hydrogen-bond acceptors (Lipinski definition) is 10. The van der Waals surface area contributed by atoms with Crippen molar-refractivity contribution in [2.75, 3.05) is 41.7 Å². The second-order valence-corrected chi connectivity index (χ2v) is 16.9. The van der Waals surface area contributed by atoms with Crippen molar-refractivity contribution in [1.29, 1.82) is 0 Å². The van der Waals surface area contributed by atoms with Gasteiger partial charge in [-0.3, -0.25) is 9.59 Å². The van der Waals surface area contributed by atoms with E-state index in [0.717, 1.165) is 31.1 Å². The molecule has 0 unspecified atom stereocenters. The average molecular weight is 861 g/mol. The predicted molar refractivity (Wildman–Crippen MR) is 221 cm³/mol. The fraction of sp³-hybridized carbons (Fsp3) is 0.429.